The van der Waals surface area contributed by atoms with Gasteiger partial charge in [-0.05, 0) is 138 Å². The van der Waals surface area contributed by atoms with E-state index in [1.165, 1.54) is 7.14 Å². The minimum absolute atomic E-state index is 0. The van der Waals surface area contributed by atoms with Crippen LogP contribution in [-0.4, -0.2) is 0 Å². The number of rotatable bonds is 0. The zero-order valence-corrected chi connectivity index (χ0v) is 25.0. The first-order chi connectivity index (χ1) is 13.8. The first kappa shape index (κ1) is 30.9. The van der Waals surface area contributed by atoms with Crippen LogP contribution in [0.15, 0.2) is 45.3 Å². The molecule has 8 N–H and O–H groups in total. The molecule has 3 rings (SSSR count). The summed E-state index contributed by atoms with van der Waals surface area (Å²) in [6.45, 7) is 3.91. The second-order valence-corrected chi connectivity index (χ2v) is 11.0. The molecule has 3 aromatic rings. The molecule has 0 atom stereocenters. The standard InChI is InChI=1S/C7H7Cl2N.C7H7I2N.C6H6Br2N2.CH4/c2*1-4-2-5(8)6(9)3-7(4)10;7-3-1-5(9)6(10)2-4(3)8;/h2*2-3H,10H2,1H3;1-2H,9-10H2;1H4. The number of anilines is 4. The molecule has 0 unspecified atom stereocenters. The molecule has 0 saturated carbocycles. The van der Waals surface area contributed by atoms with E-state index >= 15 is 0 Å². The number of aryl methyl sites for hydroxylation is 2. The number of halogens is 6. The van der Waals surface area contributed by atoms with E-state index in [9.17, 15) is 0 Å². The van der Waals surface area contributed by atoms with Gasteiger partial charge in [-0.25, -0.2) is 0 Å². The normalized spacial score (nSPS) is 9.55. The van der Waals surface area contributed by atoms with Crippen molar-refractivity contribution in [3.63, 3.8) is 0 Å². The third-order valence-corrected chi connectivity index (χ3v) is 9.13. The van der Waals surface area contributed by atoms with Gasteiger partial charge in [-0.2, -0.15) is 0 Å². The Labute approximate surface area is 238 Å². The topological polar surface area (TPSA) is 104 Å². The SMILES string of the molecule is C.Cc1cc(Cl)c(Cl)cc1N.Cc1cc(I)c(I)cc1N.Nc1cc(Br)c(Br)cc1N. The molecular formula is C21H24Br2Cl2I2N4. The van der Waals surface area contributed by atoms with E-state index in [1.54, 1.807) is 24.3 Å². The molecule has 0 fully saturated rings. The lowest BCUT2D eigenvalue weighted by atomic mass is 10.2. The summed E-state index contributed by atoms with van der Waals surface area (Å²) in [6.07, 6.45) is 0. The van der Waals surface area contributed by atoms with Crippen LogP contribution >= 0.6 is 100 Å². The molecule has 0 bridgehead atoms. The summed E-state index contributed by atoms with van der Waals surface area (Å²) < 4.78 is 4.32. The van der Waals surface area contributed by atoms with Crippen molar-refractivity contribution in [2.45, 2.75) is 21.3 Å². The van der Waals surface area contributed by atoms with E-state index in [0.29, 0.717) is 27.1 Å². The zero-order valence-electron chi connectivity index (χ0n) is 16.0. The van der Waals surface area contributed by atoms with Gasteiger partial charge in [0.25, 0.3) is 0 Å². The van der Waals surface area contributed by atoms with Gasteiger partial charge in [0.1, 0.15) is 0 Å². The molecule has 0 amide bonds. The fraction of sp³-hybridized carbons (Fsp3) is 0.143. The minimum Gasteiger partial charge on any atom is -0.398 e. The Hall–Kier alpha value is -0.140. The third kappa shape index (κ3) is 10.1. The summed E-state index contributed by atoms with van der Waals surface area (Å²) >= 11 is 22.6. The predicted octanol–water partition coefficient (Wildman–Crippen LogP) is 8.68. The average molecular weight is 817 g/mol. The molecule has 10 heteroatoms. The maximum absolute atomic E-state index is 5.70. The fourth-order valence-corrected chi connectivity index (χ4v) is 4.13. The minimum atomic E-state index is 0. The van der Waals surface area contributed by atoms with E-state index < -0.39 is 0 Å². The van der Waals surface area contributed by atoms with Crippen LogP contribution in [0.3, 0.4) is 0 Å². The van der Waals surface area contributed by atoms with Crippen molar-refractivity contribution < 1.29 is 0 Å². The quantitative estimate of drug-likeness (QED) is 0.135. The lowest BCUT2D eigenvalue weighted by molar-refractivity contribution is 1.43. The van der Waals surface area contributed by atoms with Crippen LogP contribution in [0, 0.1) is 21.0 Å². The molecule has 0 radical (unpaired) electrons. The Morgan fingerprint density at radius 3 is 1.39 bits per heavy atom. The van der Waals surface area contributed by atoms with Gasteiger partial charge in [0.2, 0.25) is 0 Å². The van der Waals surface area contributed by atoms with Gasteiger partial charge in [-0.15, -0.1) is 0 Å². The van der Waals surface area contributed by atoms with Crippen molar-refractivity contribution >= 4 is 123 Å². The van der Waals surface area contributed by atoms with E-state index in [4.69, 9.17) is 46.1 Å². The molecule has 170 valence electrons. The summed E-state index contributed by atoms with van der Waals surface area (Å²) in [5.41, 5.74) is 27.1. The molecule has 0 aliphatic carbocycles. The van der Waals surface area contributed by atoms with Crippen LogP contribution in [0.25, 0.3) is 0 Å². The molecule has 0 aromatic heterocycles. The monoisotopic (exact) mass is 814 g/mol. The first-order valence-electron chi connectivity index (χ1n) is 8.25. The summed E-state index contributed by atoms with van der Waals surface area (Å²) in [6, 6.07) is 11.0. The number of benzene rings is 3. The Balaban J connectivity index is 0.000000429. The smallest absolute Gasteiger partial charge is 0.0612 e. The van der Waals surface area contributed by atoms with Gasteiger partial charge in [-0.3, -0.25) is 0 Å². The Kier molecular flexibility index (Phi) is 14.1. The van der Waals surface area contributed by atoms with Gasteiger partial charge >= 0.3 is 0 Å². The maximum atomic E-state index is 5.70. The number of hydrogen-bond donors (Lipinski definition) is 4. The maximum Gasteiger partial charge on any atom is 0.0612 e. The first-order valence-corrected chi connectivity index (χ1v) is 12.8. The van der Waals surface area contributed by atoms with Crippen molar-refractivity contribution in [3.8, 4) is 0 Å². The highest BCUT2D eigenvalue weighted by molar-refractivity contribution is 14.1. The molecule has 4 nitrogen and oxygen atoms in total. The predicted molar refractivity (Wildman–Crippen MR) is 164 cm³/mol. The molecule has 0 aliphatic heterocycles. The van der Waals surface area contributed by atoms with Crippen LogP contribution in [0.2, 0.25) is 10.0 Å². The van der Waals surface area contributed by atoms with Crippen molar-refractivity contribution in [1.82, 2.24) is 0 Å². The van der Waals surface area contributed by atoms with Crippen molar-refractivity contribution in [2.75, 3.05) is 22.9 Å². The largest absolute Gasteiger partial charge is 0.398 e. The van der Waals surface area contributed by atoms with Gasteiger partial charge < -0.3 is 22.9 Å². The van der Waals surface area contributed by atoms with Crippen molar-refractivity contribution in [2.24, 2.45) is 0 Å². The molecular weight excluding hydrogens is 793 g/mol. The summed E-state index contributed by atoms with van der Waals surface area (Å²) in [5, 5.41) is 1.05. The Bertz CT molecular complexity index is 768. The average Bonchev–Trinajstić information content (AvgIpc) is 2.65. The van der Waals surface area contributed by atoms with Gasteiger partial charge in [0.05, 0.1) is 21.4 Å². The number of nitrogen functional groups attached to an aromatic ring is 4. The highest BCUT2D eigenvalue weighted by atomic mass is 127. The van der Waals surface area contributed by atoms with E-state index in [0.717, 1.165) is 25.8 Å². The molecule has 0 aliphatic rings. The lowest BCUT2D eigenvalue weighted by Crippen LogP contribution is -1.93. The highest BCUT2D eigenvalue weighted by Crippen LogP contribution is 2.29. The summed E-state index contributed by atoms with van der Waals surface area (Å²) in [4.78, 5) is 0. The van der Waals surface area contributed by atoms with Crippen LogP contribution < -0.4 is 22.9 Å². The van der Waals surface area contributed by atoms with Crippen LogP contribution in [0.5, 0.6) is 0 Å². The number of hydrogen-bond acceptors (Lipinski definition) is 4. The second-order valence-electron chi connectivity index (χ2n) is 6.14. The van der Waals surface area contributed by atoms with Crippen LogP contribution in [0.1, 0.15) is 18.6 Å². The van der Waals surface area contributed by atoms with E-state index in [-0.39, 0.29) is 7.43 Å². The van der Waals surface area contributed by atoms with Crippen molar-refractivity contribution in [3.05, 3.63) is 73.7 Å². The Morgan fingerprint density at radius 2 is 0.968 bits per heavy atom. The number of nitrogens with two attached hydrogens (primary N) is 4. The van der Waals surface area contributed by atoms with Gasteiger partial charge in [0.15, 0.2) is 0 Å². The van der Waals surface area contributed by atoms with Crippen molar-refractivity contribution in [1.29, 1.82) is 0 Å². The zero-order chi connectivity index (χ0) is 23.2. The summed E-state index contributed by atoms with van der Waals surface area (Å²) in [7, 11) is 0. The molecule has 31 heavy (non-hydrogen) atoms. The lowest BCUT2D eigenvalue weighted by Gasteiger charge is -2.01. The third-order valence-electron chi connectivity index (χ3n) is 3.74. The van der Waals surface area contributed by atoms with Gasteiger partial charge in [-0.1, -0.05) is 30.6 Å². The van der Waals surface area contributed by atoms with E-state index in [1.807, 2.05) is 19.9 Å². The molecule has 0 heterocycles. The Morgan fingerprint density at radius 1 is 0.613 bits per heavy atom. The molecule has 3 aromatic carbocycles. The van der Waals surface area contributed by atoms with Crippen LogP contribution in [-0.2, 0) is 0 Å². The molecule has 0 spiro atoms. The van der Waals surface area contributed by atoms with Crippen LogP contribution in [0.4, 0.5) is 22.7 Å². The van der Waals surface area contributed by atoms with E-state index in [2.05, 4.69) is 83.1 Å². The van der Waals surface area contributed by atoms with Gasteiger partial charge in [0, 0.05) is 27.5 Å². The summed E-state index contributed by atoms with van der Waals surface area (Å²) in [5.74, 6) is 0. The molecule has 0 saturated heterocycles. The fourth-order valence-electron chi connectivity index (χ4n) is 1.90. The highest BCUT2D eigenvalue weighted by Gasteiger charge is 2.01. The second kappa shape index (κ2) is 14.2.